The summed E-state index contributed by atoms with van der Waals surface area (Å²) in [5, 5.41) is 0. The van der Waals surface area contributed by atoms with Gasteiger partial charge >= 0.3 is 8.69 Å². The lowest BCUT2D eigenvalue weighted by Gasteiger charge is -2.35. The normalized spacial score (nSPS) is 15.5. The van der Waals surface area contributed by atoms with E-state index in [-0.39, 0.29) is 21.7 Å². The van der Waals surface area contributed by atoms with E-state index in [2.05, 4.69) is 109 Å². The highest BCUT2D eigenvalue weighted by atomic mass is 32.2. The fourth-order valence-corrected chi connectivity index (χ4v) is 6.88. The highest BCUT2D eigenvalue weighted by Crippen LogP contribution is 2.59. The Hall–Kier alpha value is -1.25. The average molecular weight is 519 g/mol. The van der Waals surface area contributed by atoms with E-state index in [4.69, 9.17) is 9.05 Å². The molecule has 2 aromatic rings. The molecule has 1 aliphatic rings. The molecule has 1 heterocycles. The van der Waals surface area contributed by atoms with Crippen molar-refractivity contribution in [2.45, 2.75) is 128 Å². The second kappa shape index (κ2) is 8.95. The van der Waals surface area contributed by atoms with Crippen LogP contribution in [0.2, 0.25) is 0 Å². The summed E-state index contributed by atoms with van der Waals surface area (Å²) in [5.41, 5.74) is 6.35. The Morgan fingerprint density at radius 1 is 0.571 bits per heavy atom. The summed E-state index contributed by atoms with van der Waals surface area (Å²) < 4.78 is 27.8. The minimum absolute atomic E-state index is 0.0549. The average Bonchev–Trinajstić information content (AvgIpc) is 2.60. The van der Waals surface area contributed by atoms with E-state index in [0.29, 0.717) is 11.5 Å². The van der Waals surface area contributed by atoms with Gasteiger partial charge in [-0.1, -0.05) is 107 Å². The van der Waals surface area contributed by atoms with Gasteiger partial charge < -0.3 is 9.05 Å². The molecule has 0 radical (unpaired) electrons. The van der Waals surface area contributed by atoms with Crippen molar-refractivity contribution < 1.29 is 13.2 Å². The van der Waals surface area contributed by atoms with E-state index in [1.165, 1.54) is 11.1 Å². The molecule has 1 aliphatic heterocycles. The standard InChI is InChI=1S/C30H44FO2PS/c1-17-19(27(3,4)5)15-21(29(9,10)11)23-25(17)35-26-18(2)20(28(6,7)8)16-22(30(12,13)14)24(26)33-34(31)32-23/h15-16H,1-14H3. The molecule has 0 fully saturated rings. The zero-order valence-corrected chi connectivity index (χ0v) is 25.9. The van der Waals surface area contributed by atoms with Crippen LogP contribution in [0, 0.1) is 13.8 Å². The molecule has 35 heavy (non-hydrogen) atoms. The van der Waals surface area contributed by atoms with Gasteiger partial charge in [-0.25, -0.2) is 0 Å². The Morgan fingerprint density at radius 2 is 0.857 bits per heavy atom. The Kier molecular flexibility index (Phi) is 7.24. The van der Waals surface area contributed by atoms with Gasteiger partial charge in [-0.2, -0.15) is 0 Å². The molecule has 0 saturated carbocycles. The lowest BCUT2D eigenvalue weighted by atomic mass is 9.78. The molecule has 2 nitrogen and oxygen atoms in total. The molecule has 3 rings (SSSR count). The second-order valence-corrected chi connectivity index (χ2v) is 15.8. The van der Waals surface area contributed by atoms with Gasteiger partial charge in [0.1, 0.15) is 11.5 Å². The van der Waals surface area contributed by atoms with Gasteiger partial charge in [0.25, 0.3) is 0 Å². The van der Waals surface area contributed by atoms with Crippen LogP contribution >= 0.6 is 20.4 Å². The molecule has 0 aromatic heterocycles. The Balaban J connectivity index is 2.49. The van der Waals surface area contributed by atoms with E-state index in [1.807, 2.05) is 0 Å². The zero-order valence-electron chi connectivity index (χ0n) is 24.2. The molecule has 0 unspecified atom stereocenters. The van der Waals surface area contributed by atoms with Gasteiger partial charge in [-0.05, 0) is 57.8 Å². The van der Waals surface area contributed by atoms with E-state index in [9.17, 15) is 0 Å². The van der Waals surface area contributed by atoms with Crippen LogP contribution in [0.1, 0.15) is 116 Å². The maximum atomic E-state index is 15.7. The molecular weight excluding hydrogens is 474 g/mol. The molecular formula is C30H44FO2PS. The Labute approximate surface area is 218 Å². The van der Waals surface area contributed by atoms with Crippen LogP contribution < -0.4 is 9.05 Å². The fourth-order valence-electron chi connectivity index (χ4n) is 4.83. The van der Waals surface area contributed by atoms with Crippen molar-refractivity contribution in [3.05, 3.63) is 45.5 Å². The minimum atomic E-state index is -2.65. The predicted molar refractivity (Wildman–Crippen MR) is 151 cm³/mol. The van der Waals surface area contributed by atoms with E-state index >= 15 is 4.20 Å². The second-order valence-electron chi connectivity index (χ2n) is 14.0. The molecule has 0 N–H and O–H groups in total. The third-order valence-electron chi connectivity index (χ3n) is 6.73. The van der Waals surface area contributed by atoms with Crippen molar-refractivity contribution in [1.29, 1.82) is 0 Å². The SMILES string of the molecule is Cc1c(C(C)(C)C)cc(C(C)(C)C)c2c1Sc1c(C)c(C(C)(C)C)cc(C(C)(C)C)c1OP(F)O2. The number of hydrogen-bond acceptors (Lipinski definition) is 3. The quantitative estimate of drug-likeness (QED) is 0.323. The van der Waals surface area contributed by atoms with E-state index in [1.54, 1.807) is 11.8 Å². The number of fused-ring (bicyclic) bond motifs is 2. The molecule has 0 spiro atoms. The van der Waals surface area contributed by atoms with Crippen LogP contribution in [0.25, 0.3) is 0 Å². The van der Waals surface area contributed by atoms with Crippen LogP contribution in [0.3, 0.4) is 0 Å². The van der Waals surface area contributed by atoms with Crippen molar-refractivity contribution in [1.82, 2.24) is 0 Å². The summed E-state index contributed by atoms with van der Waals surface area (Å²) in [5.74, 6) is 1.26. The first-order valence-electron chi connectivity index (χ1n) is 12.5. The van der Waals surface area contributed by atoms with Gasteiger partial charge in [-0.15, -0.1) is 4.20 Å². The number of benzene rings is 2. The molecule has 5 heteroatoms. The van der Waals surface area contributed by atoms with E-state index < -0.39 is 8.69 Å². The summed E-state index contributed by atoms with van der Waals surface area (Å²) in [4.78, 5) is 2.01. The molecule has 0 saturated heterocycles. The number of rotatable bonds is 0. The number of halogens is 1. The highest BCUT2D eigenvalue weighted by molar-refractivity contribution is 7.99. The summed E-state index contributed by atoms with van der Waals surface area (Å²) in [6, 6.07) is 4.44. The molecule has 194 valence electrons. The van der Waals surface area contributed by atoms with Crippen molar-refractivity contribution in [2.75, 3.05) is 0 Å². The summed E-state index contributed by atoms with van der Waals surface area (Å²) in [6.45, 7) is 30.7. The van der Waals surface area contributed by atoms with Crippen LogP contribution in [0.5, 0.6) is 11.5 Å². The topological polar surface area (TPSA) is 18.5 Å². The van der Waals surface area contributed by atoms with Crippen molar-refractivity contribution in [3.8, 4) is 11.5 Å². The van der Waals surface area contributed by atoms with Gasteiger partial charge in [0, 0.05) is 11.1 Å². The Bertz CT molecular complexity index is 1050. The van der Waals surface area contributed by atoms with Gasteiger partial charge in [0.2, 0.25) is 0 Å². The lowest BCUT2D eigenvalue weighted by molar-refractivity contribution is 0.405. The van der Waals surface area contributed by atoms with Crippen molar-refractivity contribution >= 4 is 20.4 Å². The maximum Gasteiger partial charge on any atom is 0.505 e. The fraction of sp³-hybridized carbons (Fsp3) is 0.600. The van der Waals surface area contributed by atoms with Gasteiger partial charge in [0.15, 0.2) is 0 Å². The van der Waals surface area contributed by atoms with Crippen LogP contribution in [-0.4, -0.2) is 0 Å². The van der Waals surface area contributed by atoms with Crippen LogP contribution in [0.15, 0.2) is 21.9 Å². The molecule has 0 amide bonds. The molecule has 2 aromatic carbocycles. The monoisotopic (exact) mass is 518 g/mol. The summed E-state index contributed by atoms with van der Waals surface area (Å²) in [6.07, 6.45) is 0. The first-order chi connectivity index (χ1) is 15.6. The molecule has 0 bridgehead atoms. The first kappa shape index (κ1) is 28.3. The predicted octanol–water partition coefficient (Wildman–Crippen LogP) is 10.6. The third-order valence-corrected chi connectivity index (χ3v) is 8.77. The minimum Gasteiger partial charge on any atom is -0.413 e. The highest BCUT2D eigenvalue weighted by Gasteiger charge is 2.37. The molecule has 0 aliphatic carbocycles. The smallest absolute Gasteiger partial charge is 0.413 e. The largest absolute Gasteiger partial charge is 0.505 e. The zero-order chi connectivity index (χ0) is 26.9. The summed E-state index contributed by atoms with van der Waals surface area (Å²) in [7, 11) is -2.65. The lowest BCUT2D eigenvalue weighted by Crippen LogP contribution is -2.21. The molecule has 0 atom stereocenters. The Morgan fingerprint density at radius 3 is 1.11 bits per heavy atom. The van der Waals surface area contributed by atoms with E-state index in [0.717, 1.165) is 32.0 Å². The third kappa shape index (κ3) is 5.54. The summed E-state index contributed by atoms with van der Waals surface area (Å²) >= 11 is 1.69. The van der Waals surface area contributed by atoms with Crippen molar-refractivity contribution in [3.63, 3.8) is 0 Å². The number of hydrogen-bond donors (Lipinski definition) is 0. The van der Waals surface area contributed by atoms with Crippen LogP contribution in [-0.2, 0) is 21.7 Å². The first-order valence-corrected chi connectivity index (χ1v) is 14.4. The van der Waals surface area contributed by atoms with Crippen LogP contribution in [0.4, 0.5) is 4.20 Å². The van der Waals surface area contributed by atoms with Gasteiger partial charge in [-0.3, -0.25) is 0 Å². The van der Waals surface area contributed by atoms with Gasteiger partial charge in [0.05, 0.1) is 9.79 Å². The van der Waals surface area contributed by atoms with Crippen molar-refractivity contribution in [2.24, 2.45) is 0 Å². The maximum absolute atomic E-state index is 15.7.